The van der Waals surface area contributed by atoms with Crippen LogP contribution in [0.25, 0.3) is 11.3 Å². The molecular formula is C22H24N6O4. The number of amides is 1. The van der Waals surface area contributed by atoms with Crippen molar-refractivity contribution in [2.24, 2.45) is 0 Å². The lowest BCUT2D eigenvalue weighted by atomic mass is 10.1. The van der Waals surface area contributed by atoms with Gasteiger partial charge in [0.15, 0.2) is 17.3 Å². The number of carbonyl (C=O) groups excluding carboxylic acids is 1. The molecule has 2 aliphatic rings. The minimum absolute atomic E-state index is 0.107. The fourth-order valence-corrected chi connectivity index (χ4v) is 3.89. The molecule has 1 aromatic carbocycles. The van der Waals surface area contributed by atoms with E-state index in [2.05, 4.69) is 20.2 Å². The zero-order chi connectivity index (χ0) is 22.1. The molecule has 4 heterocycles. The molecule has 0 spiro atoms. The quantitative estimate of drug-likeness (QED) is 0.650. The van der Waals surface area contributed by atoms with Crippen LogP contribution in [-0.2, 0) is 0 Å². The number of H-pyrrole nitrogens is 1. The first-order valence-corrected chi connectivity index (χ1v) is 10.5. The highest BCUT2D eigenvalue weighted by Crippen LogP contribution is 2.35. The monoisotopic (exact) mass is 436 g/mol. The smallest absolute Gasteiger partial charge is 0.272 e. The molecule has 0 bridgehead atoms. The summed E-state index contributed by atoms with van der Waals surface area (Å²) in [6.07, 6.45) is 4.78. The highest BCUT2D eigenvalue weighted by Gasteiger charge is 2.28. The van der Waals surface area contributed by atoms with Gasteiger partial charge in [-0.25, -0.2) is 9.97 Å². The van der Waals surface area contributed by atoms with Gasteiger partial charge >= 0.3 is 0 Å². The predicted molar refractivity (Wildman–Crippen MR) is 116 cm³/mol. The number of hydrogen-bond donors (Lipinski definition) is 1. The highest BCUT2D eigenvalue weighted by molar-refractivity contribution is 5.93. The van der Waals surface area contributed by atoms with Gasteiger partial charge < -0.3 is 24.0 Å². The summed E-state index contributed by atoms with van der Waals surface area (Å²) in [6.45, 7) is 1.35. The average molecular weight is 436 g/mol. The lowest BCUT2D eigenvalue weighted by molar-refractivity contribution is 0.0523. The molecular weight excluding hydrogens is 412 g/mol. The van der Waals surface area contributed by atoms with E-state index in [1.807, 2.05) is 37.2 Å². The Bertz CT molecular complexity index is 1130. The first kappa shape index (κ1) is 20.1. The molecule has 1 atom stereocenters. The molecule has 10 nitrogen and oxygen atoms in total. The number of nitrogens with one attached hydrogen (secondary N) is 1. The number of fused-ring (bicyclic) bond motifs is 1. The van der Waals surface area contributed by atoms with Gasteiger partial charge in [0.1, 0.15) is 11.8 Å². The zero-order valence-corrected chi connectivity index (χ0v) is 17.9. The maximum atomic E-state index is 13.1. The molecule has 10 heteroatoms. The fraction of sp³-hybridized carbons (Fsp3) is 0.364. The molecule has 1 unspecified atom stereocenters. The summed E-state index contributed by atoms with van der Waals surface area (Å²) in [5, 5.41) is 7.20. The second-order valence-corrected chi connectivity index (χ2v) is 7.95. The lowest BCUT2D eigenvalue weighted by Crippen LogP contribution is -2.44. The molecule has 0 radical (unpaired) electrons. The molecule has 0 saturated carbocycles. The van der Waals surface area contributed by atoms with Gasteiger partial charge in [-0.2, -0.15) is 5.10 Å². The van der Waals surface area contributed by atoms with Gasteiger partial charge in [0.05, 0.1) is 12.2 Å². The Balaban J connectivity index is 1.28. The third kappa shape index (κ3) is 3.91. The van der Waals surface area contributed by atoms with Crippen LogP contribution in [0.3, 0.4) is 0 Å². The molecule has 1 N–H and O–H groups in total. The third-order valence-corrected chi connectivity index (χ3v) is 5.49. The number of aromatic nitrogens is 4. The summed E-state index contributed by atoms with van der Waals surface area (Å²) < 4.78 is 16.9. The molecule has 0 aliphatic carbocycles. The number of rotatable bonds is 5. The molecule has 3 aromatic rings. The number of ether oxygens (including phenoxy) is 3. The number of anilines is 1. The number of hydrogen-bond acceptors (Lipinski definition) is 8. The number of benzene rings is 1. The minimum Gasteiger partial charge on any atom is -0.470 e. The van der Waals surface area contributed by atoms with E-state index in [9.17, 15) is 4.79 Å². The first-order chi connectivity index (χ1) is 15.6. The van der Waals surface area contributed by atoms with E-state index in [0.717, 1.165) is 18.4 Å². The number of nitrogens with zero attached hydrogens (tertiary/aromatic N) is 5. The summed E-state index contributed by atoms with van der Waals surface area (Å²) >= 11 is 0. The summed E-state index contributed by atoms with van der Waals surface area (Å²) in [7, 11) is 3.78. The Kier molecular flexibility index (Phi) is 5.26. The molecule has 1 saturated heterocycles. The van der Waals surface area contributed by atoms with Gasteiger partial charge in [0, 0.05) is 38.6 Å². The van der Waals surface area contributed by atoms with E-state index in [4.69, 9.17) is 14.2 Å². The van der Waals surface area contributed by atoms with E-state index < -0.39 is 0 Å². The Morgan fingerprint density at radius 1 is 1.19 bits per heavy atom. The number of likely N-dealkylation sites (tertiary alicyclic amines) is 1. The Labute approximate surface area is 185 Å². The Hall–Kier alpha value is -3.82. The van der Waals surface area contributed by atoms with Crippen molar-refractivity contribution in [3.05, 3.63) is 42.4 Å². The summed E-state index contributed by atoms with van der Waals surface area (Å²) in [6, 6.07) is 7.36. The van der Waals surface area contributed by atoms with Crippen LogP contribution in [0.1, 0.15) is 23.3 Å². The molecule has 2 aromatic heterocycles. The standard InChI is InChI=1S/C22H24N6O4/c1-27(2)20-21(24-8-7-23-20)32-15-4-3-9-28(12-15)22(29)17-11-16(25-26-17)14-5-6-18-19(10-14)31-13-30-18/h5-8,10-11,15H,3-4,9,12-13H2,1-2H3,(H,25,26). The normalized spacial score (nSPS) is 17.3. The van der Waals surface area contributed by atoms with Gasteiger partial charge in [0.2, 0.25) is 6.79 Å². The van der Waals surface area contributed by atoms with Crippen molar-refractivity contribution in [3.63, 3.8) is 0 Å². The summed E-state index contributed by atoms with van der Waals surface area (Å²) in [5.41, 5.74) is 1.96. The Morgan fingerprint density at radius 2 is 2.03 bits per heavy atom. The molecule has 5 rings (SSSR count). The van der Waals surface area contributed by atoms with Crippen LogP contribution in [0.15, 0.2) is 36.7 Å². The van der Waals surface area contributed by atoms with E-state index in [-0.39, 0.29) is 18.8 Å². The third-order valence-electron chi connectivity index (χ3n) is 5.49. The number of aromatic amines is 1. The molecule has 1 fully saturated rings. The van der Waals surface area contributed by atoms with Gasteiger partial charge in [-0.05, 0) is 37.1 Å². The zero-order valence-electron chi connectivity index (χ0n) is 17.9. The maximum absolute atomic E-state index is 13.1. The average Bonchev–Trinajstić information content (AvgIpc) is 3.48. The highest BCUT2D eigenvalue weighted by atomic mass is 16.7. The summed E-state index contributed by atoms with van der Waals surface area (Å²) in [5.74, 6) is 2.42. The van der Waals surface area contributed by atoms with Crippen molar-refractivity contribution in [1.82, 2.24) is 25.1 Å². The van der Waals surface area contributed by atoms with E-state index >= 15 is 0 Å². The maximum Gasteiger partial charge on any atom is 0.272 e. The first-order valence-electron chi connectivity index (χ1n) is 10.5. The van der Waals surface area contributed by atoms with Crippen LogP contribution in [0, 0.1) is 0 Å². The lowest BCUT2D eigenvalue weighted by Gasteiger charge is -2.32. The molecule has 166 valence electrons. The molecule has 1 amide bonds. The van der Waals surface area contributed by atoms with Gasteiger partial charge in [0.25, 0.3) is 11.8 Å². The minimum atomic E-state index is -0.153. The van der Waals surface area contributed by atoms with Crippen molar-refractivity contribution in [3.8, 4) is 28.6 Å². The van der Waals surface area contributed by atoms with Crippen molar-refractivity contribution in [2.45, 2.75) is 18.9 Å². The van der Waals surface area contributed by atoms with Crippen LogP contribution in [0.5, 0.6) is 17.4 Å². The van der Waals surface area contributed by atoms with Crippen LogP contribution < -0.4 is 19.1 Å². The second kappa shape index (κ2) is 8.37. The van der Waals surface area contributed by atoms with Gasteiger partial charge in [-0.3, -0.25) is 9.89 Å². The molecule has 32 heavy (non-hydrogen) atoms. The van der Waals surface area contributed by atoms with Gasteiger partial charge in [-0.1, -0.05) is 0 Å². The number of carbonyl (C=O) groups is 1. The van der Waals surface area contributed by atoms with Crippen molar-refractivity contribution >= 4 is 11.7 Å². The van der Waals surface area contributed by atoms with E-state index in [1.54, 1.807) is 23.4 Å². The van der Waals surface area contributed by atoms with Crippen molar-refractivity contribution < 1.29 is 19.0 Å². The van der Waals surface area contributed by atoms with Crippen LogP contribution in [-0.4, -0.2) is 71.1 Å². The number of piperidine rings is 1. The molecule has 2 aliphatic heterocycles. The largest absolute Gasteiger partial charge is 0.470 e. The van der Waals surface area contributed by atoms with Crippen LogP contribution >= 0.6 is 0 Å². The van der Waals surface area contributed by atoms with Crippen molar-refractivity contribution in [2.75, 3.05) is 38.9 Å². The Morgan fingerprint density at radius 3 is 2.91 bits per heavy atom. The van der Waals surface area contributed by atoms with Crippen LogP contribution in [0.2, 0.25) is 0 Å². The second-order valence-electron chi connectivity index (χ2n) is 7.95. The fourth-order valence-electron chi connectivity index (χ4n) is 3.89. The van der Waals surface area contributed by atoms with Crippen molar-refractivity contribution in [1.29, 1.82) is 0 Å². The topological polar surface area (TPSA) is 106 Å². The van der Waals surface area contributed by atoms with Gasteiger partial charge in [-0.15, -0.1) is 0 Å². The SMILES string of the molecule is CN(C)c1nccnc1OC1CCCN(C(=O)c2cc(-c3ccc4c(c3)OCO4)n[nH]2)C1. The summed E-state index contributed by atoms with van der Waals surface area (Å²) in [4.78, 5) is 25.4. The van der Waals surface area contributed by atoms with E-state index in [1.165, 1.54) is 0 Å². The van der Waals surface area contributed by atoms with E-state index in [0.29, 0.717) is 47.7 Å². The predicted octanol–water partition coefficient (Wildman–Crippen LogP) is 2.34. The van der Waals surface area contributed by atoms with Crippen LogP contribution in [0.4, 0.5) is 5.82 Å².